The van der Waals surface area contributed by atoms with Crippen LogP contribution < -0.4 is 10.6 Å². The Morgan fingerprint density at radius 3 is 1.77 bits per heavy atom. The zero-order valence-electron chi connectivity index (χ0n) is 37.4. The van der Waals surface area contributed by atoms with Crippen LogP contribution in [0.15, 0.2) is 48.5 Å². The molecule has 0 bridgehead atoms. The first kappa shape index (κ1) is 46.9. The number of hydrogen-bond acceptors (Lipinski definition) is 8. The Morgan fingerprint density at radius 1 is 0.758 bits per heavy atom. The normalized spacial score (nSPS) is 24.8. The van der Waals surface area contributed by atoms with Gasteiger partial charge in [-0.15, -0.1) is 0 Å². The molecular weight excluding hydrogens is 887 g/mol. The van der Waals surface area contributed by atoms with Gasteiger partial charge >= 0.3 is 12.2 Å². The topological polar surface area (TPSA) is 215 Å². The lowest BCUT2D eigenvalue weighted by Crippen LogP contribution is -2.62. The molecular formula is C48H56Cl2N8O8. The number of rotatable bonds is 10. The van der Waals surface area contributed by atoms with Gasteiger partial charge in [0.05, 0.1) is 18.2 Å². The van der Waals surface area contributed by atoms with Crippen LogP contribution in [0, 0.1) is 35.5 Å². The van der Waals surface area contributed by atoms with Crippen molar-refractivity contribution in [2.45, 2.75) is 96.0 Å². The van der Waals surface area contributed by atoms with Gasteiger partial charge in [0.2, 0.25) is 11.8 Å². The van der Waals surface area contributed by atoms with E-state index >= 15 is 0 Å². The van der Waals surface area contributed by atoms with Crippen LogP contribution in [0.2, 0.25) is 10.3 Å². The number of H-pyrrole nitrogens is 2. The summed E-state index contributed by atoms with van der Waals surface area (Å²) in [6, 6.07) is 13.4. The average Bonchev–Trinajstić information content (AvgIpc) is 4.09. The van der Waals surface area contributed by atoms with Crippen molar-refractivity contribution in [2.75, 3.05) is 32.9 Å². The highest BCUT2D eigenvalue weighted by Gasteiger charge is 2.50. The van der Waals surface area contributed by atoms with Crippen LogP contribution in [-0.2, 0) is 19.1 Å². The van der Waals surface area contributed by atoms with Crippen molar-refractivity contribution < 1.29 is 38.9 Å². The third kappa shape index (κ3) is 10.0. The number of carbonyl (C=O) groups is 4. The molecule has 8 rings (SSSR count). The summed E-state index contributed by atoms with van der Waals surface area (Å²) in [5, 5.41) is 25.2. The Balaban J connectivity index is 0.939. The number of benzene rings is 2. The van der Waals surface area contributed by atoms with E-state index in [1.807, 2.05) is 55.5 Å². The minimum atomic E-state index is -1.34. The lowest BCUT2D eigenvalue weighted by atomic mass is 9.77. The number of nitrogens with one attached hydrogen (secondary N) is 4. The number of carboxylic acid groups (broad SMARTS) is 2. The lowest BCUT2D eigenvalue weighted by molar-refractivity contribution is -0.143. The van der Waals surface area contributed by atoms with Gasteiger partial charge in [0.25, 0.3) is 0 Å². The molecule has 4 amide bonds. The Hall–Kier alpha value is -5.60. The molecule has 0 saturated carbocycles. The molecule has 66 heavy (non-hydrogen) atoms. The first-order valence-corrected chi connectivity index (χ1v) is 23.4. The molecule has 0 aliphatic carbocycles. The first-order chi connectivity index (χ1) is 31.6. The zero-order chi connectivity index (χ0) is 46.9. The molecule has 350 valence electrons. The fourth-order valence-electron chi connectivity index (χ4n) is 10.2. The maximum atomic E-state index is 14.4. The van der Waals surface area contributed by atoms with E-state index in [2.05, 4.69) is 46.3 Å². The van der Waals surface area contributed by atoms with E-state index in [9.17, 15) is 29.4 Å². The second kappa shape index (κ2) is 19.7. The fraction of sp³-hybridized carbons (Fsp3) is 0.500. The number of aromatic nitrogens is 4. The Labute approximate surface area is 393 Å². The zero-order valence-corrected chi connectivity index (χ0v) is 38.9. The molecule has 16 nitrogen and oxygen atoms in total. The Morgan fingerprint density at radius 2 is 1.27 bits per heavy atom. The minimum Gasteiger partial charge on any atom is -0.465 e. The summed E-state index contributed by atoms with van der Waals surface area (Å²) in [6.07, 6.45) is 1.04. The summed E-state index contributed by atoms with van der Waals surface area (Å²) in [4.78, 5) is 71.8. The van der Waals surface area contributed by atoms with E-state index in [0.717, 1.165) is 22.3 Å². The largest absolute Gasteiger partial charge is 0.465 e. The minimum absolute atomic E-state index is 0.0884. The van der Waals surface area contributed by atoms with Crippen LogP contribution in [0.4, 0.5) is 9.59 Å². The van der Waals surface area contributed by atoms with Gasteiger partial charge in [-0.05, 0) is 100 Å². The highest BCUT2D eigenvalue weighted by atomic mass is 35.5. The van der Waals surface area contributed by atoms with Crippen LogP contribution in [0.1, 0.15) is 101 Å². The third-order valence-corrected chi connectivity index (χ3v) is 14.2. The van der Waals surface area contributed by atoms with E-state index in [4.69, 9.17) is 42.6 Å². The second-order valence-electron chi connectivity index (χ2n) is 18.5. The Bertz CT molecular complexity index is 2500. The predicted octanol–water partition coefficient (Wildman–Crippen LogP) is 7.90. The molecule has 2 unspecified atom stereocenters. The summed E-state index contributed by atoms with van der Waals surface area (Å²) < 4.78 is 11.2. The standard InChI is InChI=1S/C48H56Cl2N8O8/c1-26-21-35(57(24-26)44(59)39(53-46(61)62)33-15-18-65-19-16-33)42-51-37(40(49)54-42)31-11-7-29(8-12-31)5-6-30-9-13-32(14-10-30)38-41(50)55-43(52-38)36-22-27(2)25-58(36)45(60)48(4,56-47(63)64)34-17-20-66-28(3)23-34/h7-14,26-28,33-36,39,53,56H,15-25H2,1-4H3,(H,51,54)(H,52,55)(H,61,62)(H,63,64)/t26-,27-,28?,34?,35-,36-,39-,48-/m0/s1. The molecule has 4 aromatic rings. The molecule has 8 atom stereocenters. The average molecular weight is 944 g/mol. The van der Waals surface area contributed by atoms with E-state index in [1.165, 1.54) is 0 Å². The van der Waals surface area contributed by atoms with Crippen molar-refractivity contribution >= 4 is 47.2 Å². The van der Waals surface area contributed by atoms with Gasteiger partial charge in [-0.25, -0.2) is 19.6 Å². The maximum absolute atomic E-state index is 14.4. The molecule has 4 aliphatic rings. The number of amides is 4. The SMILES string of the molecule is CC1CC([C@](C)(NC(=O)O)C(=O)N2C[C@@H](C)C[C@H]2c2nc(-c3ccc(C#Cc4ccc(-c5nc([C@@H]6C[C@H](C)CN6C(=O)[C@@H](NC(=O)O)C6CCOCC6)[nH]c5Cl)cc4)cc3)c(Cl)[nH]2)CCO1. The van der Waals surface area contributed by atoms with E-state index in [-0.39, 0.29) is 41.6 Å². The van der Waals surface area contributed by atoms with Crippen molar-refractivity contribution in [1.29, 1.82) is 0 Å². The number of likely N-dealkylation sites (tertiary alicyclic amines) is 2. The van der Waals surface area contributed by atoms with Gasteiger partial charge < -0.3 is 50.1 Å². The number of aromatic amines is 2. The van der Waals surface area contributed by atoms with Crippen molar-refractivity contribution in [3.63, 3.8) is 0 Å². The molecule has 0 spiro atoms. The van der Waals surface area contributed by atoms with Crippen molar-refractivity contribution in [3.8, 4) is 34.4 Å². The van der Waals surface area contributed by atoms with Gasteiger partial charge in [-0.2, -0.15) is 0 Å². The molecule has 4 saturated heterocycles. The summed E-state index contributed by atoms with van der Waals surface area (Å²) >= 11 is 13.5. The number of imidazole rings is 2. The van der Waals surface area contributed by atoms with Crippen LogP contribution in [0.5, 0.6) is 0 Å². The van der Waals surface area contributed by atoms with E-state index in [1.54, 1.807) is 16.7 Å². The molecule has 2 aromatic carbocycles. The molecule has 2 aromatic heterocycles. The smallest absolute Gasteiger partial charge is 0.405 e. The third-order valence-electron chi connectivity index (χ3n) is 13.6. The highest BCUT2D eigenvalue weighted by molar-refractivity contribution is 6.32. The monoisotopic (exact) mass is 942 g/mol. The number of nitrogens with zero attached hydrogens (tertiary/aromatic N) is 4. The summed E-state index contributed by atoms with van der Waals surface area (Å²) in [5.74, 6) is 6.91. The second-order valence-corrected chi connectivity index (χ2v) is 19.3. The molecule has 0 radical (unpaired) electrons. The van der Waals surface area contributed by atoms with Gasteiger partial charge in [0.15, 0.2) is 0 Å². The van der Waals surface area contributed by atoms with Gasteiger partial charge in [-0.3, -0.25) is 9.59 Å². The fourth-order valence-corrected chi connectivity index (χ4v) is 10.7. The predicted molar refractivity (Wildman–Crippen MR) is 247 cm³/mol. The van der Waals surface area contributed by atoms with Crippen LogP contribution >= 0.6 is 23.2 Å². The number of hydrogen-bond donors (Lipinski definition) is 6. The summed E-state index contributed by atoms with van der Waals surface area (Å²) in [6.45, 7) is 10.1. The van der Waals surface area contributed by atoms with Crippen LogP contribution in [-0.4, -0.2) is 115 Å². The maximum Gasteiger partial charge on any atom is 0.405 e. The molecule has 6 N–H and O–H groups in total. The number of carbonyl (C=O) groups excluding carboxylic acids is 2. The van der Waals surface area contributed by atoms with E-state index < -0.39 is 35.9 Å². The van der Waals surface area contributed by atoms with Crippen molar-refractivity contribution in [1.82, 2.24) is 40.4 Å². The van der Waals surface area contributed by atoms with E-state index in [0.29, 0.717) is 105 Å². The van der Waals surface area contributed by atoms with Crippen molar-refractivity contribution in [3.05, 3.63) is 81.6 Å². The number of halogens is 2. The molecule has 4 fully saturated rings. The summed E-state index contributed by atoms with van der Waals surface area (Å²) in [7, 11) is 0. The quantitative estimate of drug-likeness (QED) is 0.0846. The molecule has 4 aliphatic heterocycles. The first-order valence-electron chi connectivity index (χ1n) is 22.6. The van der Waals surface area contributed by atoms with Gasteiger partial charge in [0, 0.05) is 55.2 Å². The van der Waals surface area contributed by atoms with Gasteiger partial charge in [-0.1, -0.05) is 73.2 Å². The Kier molecular flexibility index (Phi) is 14.0. The lowest BCUT2D eigenvalue weighted by Gasteiger charge is -2.43. The molecule has 6 heterocycles. The van der Waals surface area contributed by atoms with Gasteiger partial charge in [0.1, 0.15) is 44.9 Å². The summed E-state index contributed by atoms with van der Waals surface area (Å²) in [5.41, 5.74) is 2.81. The van der Waals surface area contributed by atoms with Crippen LogP contribution in [0.25, 0.3) is 22.5 Å². The highest BCUT2D eigenvalue weighted by Crippen LogP contribution is 2.42. The van der Waals surface area contributed by atoms with Crippen molar-refractivity contribution in [2.24, 2.45) is 23.7 Å². The van der Waals surface area contributed by atoms with Crippen LogP contribution in [0.3, 0.4) is 0 Å². The number of ether oxygens (including phenoxy) is 2. The molecule has 18 heteroatoms.